The summed E-state index contributed by atoms with van der Waals surface area (Å²) in [5.74, 6) is 0.881. The lowest BCUT2D eigenvalue weighted by molar-refractivity contribution is 0.793. The van der Waals surface area contributed by atoms with E-state index in [2.05, 4.69) is 181 Å². The third-order valence-electron chi connectivity index (χ3n) is 11.4. The van der Waals surface area contributed by atoms with E-state index in [0.717, 1.165) is 22.7 Å². The Morgan fingerprint density at radius 3 is 1.81 bits per heavy atom. The molecule has 7 aromatic carbocycles. The van der Waals surface area contributed by atoms with Crippen molar-refractivity contribution in [1.82, 2.24) is 9.61 Å². The number of aromatic nitrogens is 2. The van der Waals surface area contributed by atoms with E-state index in [9.17, 15) is 0 Å². The largest absolute Gasteiger partial charge is 0.294 e. The molecule has 4 heteroatoms. The molecule has 0 fully saturated rings. The molecule has 10 aromatic rings. The Kier molecular flexibility index (Phi) is 5.58. The number of nitrogens with zero attached hydrogens (tertiary/aromatic N) is 3. The Hall–Kier alpha value is -6.49. The van der Waals surface area contributed by atoms with Crippen LogP contribution >= 0.6 is 11.3 Å². The SMILES string of the molecule is c1ccc2c(c1)-c1ccccc1C21c2ccccc2-c2cc(N(c3ccc4sc5ccccc5c4c3)c3cc4cc5ccccc5cn4n3)ccc21. The summed E-state index contributed by atoms with van der Waals surface area (Å²) in [5.41, 5.74) is 13.4. The highest BCUT2D eigenvalue weighted by Crippen LogP contribution is 2.63. The number of benzene rings is 7. The van der Waals surface area contributed by atoms with E-state index in [-0.39, 0.29) is 5.41 Å². The van der Waals surface area contributed by atoms with Crippen LogP contribution in [0.25, 0.3) is 58.7 Å². The van der Waals surface area contributed by atoms with Crippen molar-refractivity contribution in [3.05, 3.63) is 198 Å². The average Bonchev–Trinajstić information content (AvgIpc) is 3.93. The maximum Gasteiger partial charge on any atom is 0.160 e. The number of thiophene rings is 1. The summed E-state index contributed by atoms with van der Waals surface area (Å²) in [7, 11) is 0. The molecule has 242 valence electrons. The summed E-state index contributed by atoms with van der Waals surface area (Å²) >= 11 is 1.85. The van der Waals surface area contributed by atoms with Gasteiger partial charge in [-0.2, -0.15) is 0 Å². The second-order valence-electron chi connectivity index (χ2n) is 14.0. The fraction of sp³-hybridized carbons (Fsp3) is 0.0208. The second-order valence-corrected chi connectivity index (χ2v) is 15.1. The average molecular weight is 680 g/mol. The van der Waals surface area contributed by atoms with Gasteiger partial charge in [0.25, 0.3) is 0 Å². The van der Waals surface area contributed by atoms with E-state index >= 15 is 0 Å². The van der Waals surface area contributed by atoms with Crippen molar-refractivity contribution in [3.8, 4) is 22.3 Å². The first-order valence-corrected chi connectivity index (χ1v) is 18.6. The molecule has 3 nitrogen and oxygen atoms in total. The lowest BCUT2D eigenvalue weighted by Crippen LogP contribution is -2.25. The Labute approximate surface area is 304 Å². The van der Waals surface area contributed by atoms with Crippen LogP contribution in [0, 0.1) is 0 Å². The first kappa shape index (κ1) is 28.2. The van der Waals surface area contributed by atoms with Crippen molar-refractivity contribution in [2.24, 2.45) is 0 Å². The van der Waals surface area contributed by atoms with Gasteiger partial charge in [0.1, 0.15) is 0 Å². The Morgan fingerprint density at radius 2 is 1.04 bits per heavy atom. The van der Waals surface area contributed by atoms with Crippen LogP contribution < -0.4 is 4.90 Å². The van der Waals surface area contributed by atoms with Crippen LogP contribution in [0.1, 0.15) is 22.3 Å². The second kappa shape index (κ2) is 10.3. The predicted molar refractivity (Wildman–Crippen MR) is 217 cm³/mol. The Morgan fingerprint density at radius 1 is 0.462 bits per heavy atom. The minimum atomic E-state index is -0.375. The van der Waals surface area contributed by atoms with E-state index < -0.39 is 0 Å². The van der Waals surface area contributed by atoms with Crippen LogP contribution in [0.2, 0.25) is 0 Å². The van der Waals surface area contributed by atoms with Gasteiger partial charge < -0.3 is 0 Å². The summed E-state index contributed by atoms with van der Waals surface area (Å²) in [6, 6.07) is 62.7. The molecule has 2 aliphatic carbocycles. The van der Waals surface area contributed by atoms with Crippen LogP contribution in [-0.2, 0) is 5.41 Å². The van der Waals surface area contributed by atoms with Gasteiger partial charge >= 0.3 is 0 Å². The van der Waals surface area contributed by atoms with E-state index in [1.165, 1.54) is 75.5 Å². The third kappa shape index (κ3) is 3.66. The van der Waals surface area contributed by atoms with Crippen LogP contribution in [0.3, 0.4) is 0 Å². The molecular formula is C48H29N3S. The van der Waals surface area contributed by atoms with Gasteiger partial charge in [0, 0.05) is 49.2 Å². The summed E-state index contributed by atoms with van der Waals surface area (Å²) in [6.45, 7) is 0. The highest BCUT2D eigenvalue weighted by atomic mass is 32.1. The van der Waals surface area contributed by atoms with Crippen LogP contribution in [0.4, 0.5) is 17.2 Å². The first-order chi connectivity index (χ1) is 25.8. The molecule has 1 spiro atoms. The molecule has 0 saturated heterocycles. The fourth-order valence-electron chi connectivity index (χ4n) is 9.26. The lowest BCUT2D eigenvalue weighted by Gasteiger charge is -2.31. The minimum Gasteiger partial charge on any atom is -0.294 e. The number of pyridine rings is 1. The molecule has 2 aliphatic rings. The van der Waals surface area contributed by atoms with E-state index in [1.54, 1.807) is 0 Å². The Bertz CT molecular complexity index is 3010. The van der Waals surface area contributed by atoms with Crippen molar-refractivity contribution in [2.45, 2.75) is 5.41 Å². The van der Waals surface area contributed by atoms with Crippen molar-refractivity contribution in [3.63, 3.8) is 0 Å². The predicted octanol–water partition coefficient (Wildman–Crippen LogP) is 12.7. The minimum absolute atomic E-state index is 0.375. The molecule has 52 heavy (non-hydrogen) atoms. The molecule has 0 bridgehead atoms. The van der Waals surface area contributed by atoms with Crippen molar-refractivity contribution >= 4 is 65.0 Å². The van der Waals surface area contributed by atoms with Crippen molar-refractivity contribution < 1.29 is 0 Å². The molecule has 0 saturated carbocycles. The first-order valence-electron chi connectivity index (χ1n) is 17.8. The molecule has 0 amide bonds. The summed E-state index contributed by atoms with van der Waals surface area (Å²) in [6.07, 6.45) is 2.14. The van der Waals surface area contributed by atoms with Crippen LogP contribution in [0.5, 0.6) is 0 Å². The standard InChI is InChI=1S/C48H29N3S/c1-2-12-31-29-50-34(25-30(31)11-1)28-47(49-50)51(33-22-24-46-40(27-33)38-16-6-10-20-45(38)52-46)32-21-23-44-39(26-32)37-15-5-9-19-43(37)48(44)41-17-7-3-13-35(41)36-14-4-8-18-42(36)48/h1-29H. The molecule has 0 aliphatic heterocycles. The highest BCUT2D eigenvalue weighted by molar-refractivity contribution is 7.25. The number of hydrogen-bond acceptors (Lipinski definition) is 3. The van der Waals surface area contributed by atoms with Gasteiger partial charge in [-0.3, -0.25) is 4.90 Å². The smallest absolute Gasteiger partial charge is 0.160 e. The van der Waals surface area contributed by atoms with Gasteiger partial charge in [0.2, 0.25) is 0 Å². The van der Waals surface area contributed by atoms with E-state index in [0.29, 0.717) is 0 Å². The van der Waals surface area contributed by atoms with Gasteiger partial charge in [0.15, 0.2) is 5.82 Å². The topological polar surface area (TPSA) is 20.5 Å². The van der Waals surface area contributed by atoms with Crippen molar-refractivity contribution in [2.75, 3.05) is 4.90 Å². The zero-order valence-electron chi connectivity index (χ0n) is 28.0. The zero-order chi connectivity index (χ0) is 34.0. The molecule has 0 N–H and O–H groups in total. The number of anilines is 3. The van der Waals surface area contributed by atoms with Gasteiger partial charge in [-0.25, -0.2) is 4.52 Å². The molecule has 3 aromatic heterocycles. The summed E-state index contributed by atoms with van der Waals surface area (Å²) < 4.78 is 4.61. The number of hydrogen-bond donors (Lipinski definition) is 0. The van der Waals surface area contributed by atoms with Crippen molar-refractivity contribution in [1.29, 1.82) is 0 Å². The Balaban J connectivity index is 1.12. The maximum absolute atomic E-state index is 5.26. The van der Waals surface area contributed by atoms with E-state index in [1.807, 2.05) is 15.9 Å². The molecule has 0 radical (unpaired) electrons. The van der Waals surface area contributed by atoms with Gasteiger partial charge in [-0.05, 0) is 92.4 Å². The number of rotatable bonds is 3. The van der Waals surface area contributed by atoms with Crippen LogP contribution in [-0.4, -0.2) is 9.61 Å². The molecule has 0 unspecified atom stereocenters. The van der Waals surface area contributed by atoms with E-state index in [4.69, 9.17) is 5.10 Å². The molecular weight excluding hydrogens is 651 g/mol. The third-order valence-corrected chi connectivity index (χ3v) is 12.6. The highest BCUT2D eigenvalue weighted by Gasteiger charge is 2.51. The monoisotopic (exact) mass is 679 g/mol. The molecule has 12 rings (SSSR count). The molecule has 3 heterocycles. The zero-order valence-corrected chi connectivity index (χ0v) is 28.8. The molecule has 0 atom stereocenters. The fourth-order valence-corrected chi connectivity index (χ4v) is 10.3. The quantitative estimate of drug-likeness (QED) is 0.185. The van der Waals surface area contributed by atoms with Gasteiger partial charge in [-0.15, -0.1) is 16.4 Å². The maximum atomic E-state index is 5.26. The van der Waals surface area contributed by atoms with Gasteiger partial charge in [-0.1, -0.05) is 121 Å². The number of fused-ring (bicyclic) bond motifs is 15. The normalized spacial score (nSPS) is 13.5. The van der Waals surface area contributed by atoms with Crippen LogP contribution in [0.15, 0.2) is 176 Å². The summed E-state index contributed by atoms with van der Waals surface area (Å²) in [5, 5.41) is 10.2. The lowest BCUT2D eigenvalue weighted by atomic mass is 9.70. The summed E-state index contributed by atoms with van der Waals surface area (Å²) in [4.78, 5) is 2.34. The van der Waals surface area contributed by atoms with Gasteiger partial charge in [0.05, 0.1) is 10.9 Å².